The highest BCUT2D eigenvalue weighted by molar-refractivity contribution is 7.13. The minimum Gasteiger partial charge on any atom is -0.323 e. The Bertz CT molecular complexity index is 1190. The first-order chi connectivity index (χ1) is 15.7. The van der Waals surface area contributed by atoms with Gasteiger partial charge >= 0.3 is 0 Å². The highest BCUT2D eigenvalue weighted by atomic mass is 32.1. The second-order valence-corrected chi connectivity index (χ2v) is 8.81. The van der Waals surface area contributed by atoms with Gasteiger partial charge in [-0.2, -0.15) is 0 Å². The molecule has 0 fully saturated rings. The zero-order chi connectivity index (χ0) is 22.3. The van der Waals surface area contributed by atoms with Crippen LogP contribution in [0.1, 0.15) is 44.7 Å². The van der Waals surface area contributed by atoms with E-state index in [1.165, 1.54) is 27.3 Å². The summed E-state index contributed by atoms with van der Waals surface area (Å²) >= 11 is 1.75. The van der Waals surface area contributed by atoms with Crippen LogP contribution in [0.2, 0.25) is 0 Å². The third-order valence-electron chi connectivity index (χ3n) is 5.53. The molecule has 0 aliphatic carbocycles. The zero-order valence-electron chi connectivity index (χ0n) is 19.1. The third kappa shape index (κ3) is 4.68. The molecule has 2 nitrogen and oxygen atoms in total. The summed E-state index contributed by atoms with van der Waals surface area (Å²) in [6.45, 7) is 7.30. The Morgan fingerprint density at radius 2 is 1.47 bits per heavy atom. The van der Waals surface area contributed by atoms with E-state index in [-0.39, 0.29) is 0 Å². The van der Waals surface area contributed by atoms with E-state index in [4.69, 9.17) is 4.98 Å². The molecule has 162 valence electrons. The van der Waals surface area contributed by atoms with Gasteiger partial charge in [-0.05, 0) is 42.8 Å². The van der Waals surface area contributed by atoms with Crippen molar-refractivity contribution in [2.45, 2.75) is 40.2 Å². The lowest BCUT2D eigenvalue weighted by atomic mass is 10.0. The molecule has 0 bridgehead atoms. The van der Waals surface area contributed by atoms with Crippen molar-refractivity contribution in [1.82, 2.24) is 9.55 Å². The van der Waals surface area contributed by atoms with Crippen LogP contribution in [0, 0.1) is 0 Å². The van der Waals surface area contributed by atoms with Crippen LogP contribution in [0.5, 0.6) is 0 Å². The van der Waals surface area contributed by atoms with Crippen LogP contribution in [-0.4, -0.2) is 9.55 Å². The van der Waals surface area contributed by atoms with E-state index >= 15 is 0 Å². The van der Waals surface area contributed by atoms with Crippen molar-refractivity contribution in [3.8, 4) is 33.2 Å². The number of unbranched alkanes of at least 4 members (excludes halogenated alkanes) is 1. The fraction of sp³-hybridized carbons (Fsp3) is 0.207. The van der Waals surface area contributed by atoms with Gasteiger partial charge in [-0.25, -0.2) is 4.98 Å². The van der Waals surface area contributed by atoms with Crippen molar-refractivity contribution in [2.75, 3.05) is 0 Å². The molecular formula is C29H30N2S. The van der Waals surface area contributed by atoms with Crippen molar-refractivity contribution < 1.29 is 0 Å². The maximum absolute atomic E-state index is 5.23. The summed E-state index contributed by atoms with van der Waals surface area (Å²) in [5.74, 6) is 1.06. The van der Waals surface area contributed by atoms with Gasteiger partial charge in [0, 0.05) is 17.7 Å². The summed E-state index contributed by atoms with van der Waals surface area (Å²) in [6.07, 6.45) is 10.7. The number of benzene rings is 2. The lowest BCUT2D eigenvalue weighted by Gasteiger charge is -2.13. The van der Waals surface area contributed by atoms with Gasteiger partial charge in [0.05, 0.1) is 16.3 Å². The van der Waals surface area contributed by atoms with Crippen molar-refractivity contribution in [3.05, 3.63) is 89.3 Å². The first kappa shape index (κ1) is 22.0. The molecule has 0 aliphatic rings. The predicted molar refractivity (Wildman–Crippen MR) is 141 cm³/mol. The number of thiophene rings is 1. The molecule has 4 rings (SSSR count). The Labute approximate surface area is 195 Å². The largest absolute Gasteiger partial charge is 0.323 e. The van der Waals surface area contributed by atoms with Crippen LogP contribution >= 0.6 is 11.3 Å². The minimum absolute atomic E-state index is 0.958. The quantitative estimate of drug-likeness (QED) is 0.269. The predicted octanol–water partition coefficient (Wildman–Crippen LogP) is 8.81. The normalized spacial score (nSPS) is 11.7. The number of allylic oxidation sites excluding steroid dienone is 2. The monoisotopic (exact) mass is 438 g/mol. The van der Waals surface area contributed by atoms with Gasteiger partial charge in [-0.3, -0.25) is 0 Å². The molecule has 3 heteroatoms. The summed E-state index contributed by atoms with van der Waals surface area (Å²) in [5, 5.41) is 2.13. The third-order valence-corrected chi connectivity index (χ3v) is 6.40. The van der Waals surface area contributed by atoms with E-state index in [0.717, 1.165) is 36.5 Å². The number of aromatic nitrogens is 2. The van der Waals surface area contributed by atoms with Gasteiger partial charge in [0.1, 0.15) is 0 Å². The van der Waals surface area contributed by atoms with Gasteiger partial charge < -0.3 is 4.57 Å². The molecule has 0 saturated carbocycles. The lowest BCUT2D eigenvalue weighted by Crippen LogP contribution is -2.02. The van der Waals surface area contributed by atoms with Gasteiger partial charge in [0.2, 0.25) is 0 Å². The van der Waals surface area contributed by atoms with Crippen LogP contribution in [0.25, 0.3) is 45.4 Å². The van der Waals surface area contributed by atoms with Crippen LogP contribution in [0.3, 0.4) is 0 Å². The van der Waals surface area contributed by atoms with Crippen LogP contribution in [-0.2, 0) is 6.54 Å². The van der Waals surface area contributed by atoms with Gasteiger partial charge in [-0.15, -0.1) is 11.3 Å². The van der Waals surface area contributed by atoms with E-state index in [0.29, 0.717) is 0 Å². The standard InChI is InChI=1S/C29H30N2S/c1-4-7-20-31-28(25-18-14-23(10-6-3)15-19-25)27(30-29(31)26-11-8-21-32-26)24-16-12-22(9-5-2)13-17-24/h5-6,8-19,21H,4,7,20H2,1-3H3/b9-5+,10-6+. The Morgan fingerprint density at radius 1 is 0.844 bits per heavy atom. The average molecular weight is 439 g/mol. The minimum atomic E-state index is 0.958. The molecule has 2 heterocycles. The molecule has 0 unspecified atom stereocenters. The molecule has 0 saturated heterocycles. The first-order valence-corrected chi connectivity index (χ1v) is 12.2. The molecule has 32 heavy (non-hydrogen) atoms. The molecule has 0 atom stereocenters. The highest BCUT2D eigenvalue weighted by Crippen LogP contribution is 2.38. The molecule has 4 aromatic rings. The van der Waals surface area contributed by atoms with Crippen molar-refractivity contribution in [2.24, 2.45) is 0 Å². The Morgan fingerprint density at radius 3 is 2.00 bits per heavy atom. The second-order valence-electron chi connectivity index (χ2n) is 7.86. The molecule has 0 N–H and O–H groups in total. The number of rotatable bonds is 8. The average Bonchev–Trinajstić information content (AvgIpc) is 3.47. The molecule has 0 radical (unpaired) electrons. The summed E-state index contributed by atoms with van der Waals surface area (Å²) < 4.78 is 2.43. The fourth-order valence-electron chi connectivity index (χ4n) is 3.96. The van der Waals surface area contributed by atoms with Crippen molar-refractivity contribution >= 4 is 23.5 Å². The topological polar surface area (TPSA) is 17.8 Å². The molecular weight excluding hydrogens is 408 g/mol. The number of hydrogen-bond acceptors (Lipinski definition) is 2. The van der Waals surface area contributed by atoms with Crippen molar-refractivity contribution in [3.63, 3.8) is 0 Å². The summed E-state index contributed by atoms with van der Waals surface area (Å²) in [5.41, 5.74) is 7.03. The second kappa shape index (κ2) is 10.4. The van der Waals surface area contributed by atoms with E-state index in [2.05, 4.69) is 109 Å². The van der Waals surface area contributed by atoms with E-state index in [1.54, 1.807) is 11.3 Å². The molecule has 0 aliphatic heterocycles. The SMILES string of the molecule is C/C=C/c1ccc(-c2nc(-c3cccs3)n(CCCC)c2-c2ccc(/C=C/C)cc2)cc1. The molecule has 2 aromatic carbocycles. The van der Waals surface area contributed by atoms with Crippen LogP contribution in [0.15, 0.2) is 78.2 Å². The molecule has 0 amide bonds. The number of hydrogen-bond donors (Lipinski definition) is 0. The number of nitrogens with zero attached hydrogens (tertiary/aromatic N) is 2. The summed E-state index contributed by atoms with van der Waals surface area (Å²) in [7, 11) is 0. The summed E-state index contributed by atoms with van der Waals surface area (Å²) in [6, 6.07) is 21.8. The summed E-state index contributed by atoms with van der Waals surface area (Å²) in [4.78, 5) is 6.44. The maximum atomic E-state index is 5.23. The molecule has 2 aromatic heterocycles. The molecule has 0 spiro atoms. The first-order valence-electron chi connectivity index (χ1n) is 11.4. The van der Waals surface area contributed by atoms with E-state index < -0.39 is 0 Å². The van der Waals surface area contributed by atoms with Gasteiger partial charge in [0.15, 0.2) is 5.82 Å². The highest BCUT2D eigenvalue weighted by Gasteiger charge is 2.21. The van der Waals surface area contributed by atoms with Gasteiger partial charge in [0.25, 0.3) is 0 Å². The maximum Gasteiger partial charge on any atom is 0.151 e. The van der Waals surface area contributed by atoms with Crippen LogP contribution in [0.4, 0.5) is 0 Å². The Hall–Kier alpha value is -3.17. The fourth-order valence-corrected chi connectivity index (χ4v) is 4.69. The van der Waals surface area contributed by atoms with E-state index in [1.807, 2.05) is 6.92 Å². The van der Waals surface area contributed by atoms with Gasteiger partial charge in [-0.1, -0.05) is 92.2 Å². The lowest BCUT2D eigenvalue weighted by molar-refractivity contribution is 0.642. The smallest absolute Gasteiger partial charge is 0.151 e. The van der Waals surface area contributed by atoms with Crippen molar-refractivity contribution in [1.29, 1.82) is 0 Å². The Balaban J connectivity index is 1.92. The Kier molecular flexibility index (Phi) is 7.18. The number of imidazole rings is 1. The van der Waals surface area contributed by atoms with E-state index in [9.17, 15) is 0 Å². The van der Waals surface area contributed by atoms with Crippen LogP contribution < -0.4 is 0 Å². The zero-order valence-corrected chi connectivity index (χ0v) is 19.9.